The van der Waals surface area contributed by atoms with Crippen molar-refractivity contribution in [2.24, 2.45) is 5.92 Å². The zero-order chi connectivity index (χ0) is 14.0. The minimum Gasteiger partial charge on any atom is -0.381 e. The number of sulfone groups is 1. The molecule has 20 heavy (non-hydrogen) atoms. The summed E-state index contributed by atoms with van der Waals surface area (Å²) in [6, 6.07) is 7.21. The molecule has 1 aromatic carbocycles. The number of hydrogen-bond donors (Lipinski definition) is 1. The molecule has 0 amide bonds. The zero-order valence-electron chi connectivity index (χ0n) is 11.5. The fraction of sp³-hybridized carbons (Fsp3) is 0.600. The van der Waals surface area contributed by atoms with Crippen LogP contribution in [0.1, 0.15) is 30.9 Å². The largest absolute Gasteiger partial charge is 0.381 e. The summed E-state index contributed by atoms with van der Waals surface area (Å²) in [7, 11) is -3.10. The van der Waals surface area contributed by atoms with Gasteiger partial charge in [-0.15, -0.1) is 0 Å². The first-order valence-electron chi connectivity index (χ1n) is 7.29. The van der Waals surface area contributed by atoms with E-state index in [2.05, 4.69) is 5.32 Å². The average molecular weight is 295 g/mol. The molecular formula is C15H21NO3S. The van der Waals surface area contributed by atoms with Gasteiger partial charge in [0, 0.05) is 19.3 Å². The van der Waals surface area contributed by atoms with Crippen LogP contribution < -0.4 is 5.32 Å². The highest BCUT2D eigenvalue weighted by molar-refractivity contribution is 7.91. The summed E-state index contributed by atoms with van der Waals surface area (Å²) in [5, 5.41) is 3.34. The summed E-state index contributed by atoms with van der Waals surface area (Å²) in [4.78, 5) is 0.488. The smallest absolute Gasteiger partial charge is 0.180 e. The van der Waals surface area contributed by atoms with Crippen LogP contribution in [0.25, 0.3) is 0 Å². The van der Waals surface area contributed by atoms with E-state index in [1.807, 2.05) is 12.1 Å². The molecule has 0 spiro atoms. The number of fused-ring (bicyclic) bond motifs is 1. The van der Waals surface area contributed by atoms with Crippen molar-refractivity contribution in [3.05, 3.63) is 29.8 Å². The van der Waals surface area contributed by atoms with Gasteiger partial charge in [-0.2, -0.15) is 0 Å². The molecule has 5 heteroatoms. The minimum absolute atomic E-state index is 0.0698. The van der Waals surface area contributed by atoms with Gasteiger partial charge in [-0.1, -0.05) is 18.2 Å². The zero-order valence-corrected chi connectivity index (χ0v) is 12.4. The summed E-state index contributed by atoms with van der Waals surface area (Å²) in [6.07, 6.45) is 3.55. The summed E-state index contributed by atoms with van der Waals surface area (Å²) in [6.45, 7) is 2.43. The van der Waals surface area contributed by atoms with Crippen molar-refractivity contribution < 1.29 is 13.2 Å². The maximum Gasteiger partial charge on any atom is 0.180 e. The van der Waals surface area contributed by atoms with E-state index in [4.69, 9.17) is 4.74 Å². The molecule has 2 aliphatic rings. The molecule has 1 heterocycles. The van der Waals surface area contributed by atoms with Gasteiger partial charge in [-0.3, -0.25) is 0 Å². The Bertz CT molecular complexity index is 566. The van der Waals surface area contributed by atoms with Gasteiger partial charge in [-0.25, -0.2) is 8.42 Å². The molecule has 1 atom stereocenters. The van der Waals surface area contributed by atoms with Crippen molar-refractivity contribution in [1.82, 2.24) is 5.32 Å². The predicted octanol–water partition coefficient (Wildman–Crippen LogP) is 1.92. The molecule has 0 radical (unpaired) electrons. The number of rotatable bonds is 7. The average Bonchev–Trinajstić information content (AvgIpc) is 3.21. The Morgan fingerprint density at radius 2 is 2.05 bits per heavy atom. The van der Waals surface area contributed by atoms with Crippen molar-refractivity contribution in [2.75, 3.05) is 25.5 Å². The van der Waals surface area contributed by atoms with Gasteiger partial charge in [0.2, 0.25) is 0 Å². The molecule has 1 N–H and O–H groups in total. The first kappa shape index (κ1) is 14.0. The van der Waals surface area contributed by atoms with Crippen molar-refractivity contribution >= 4 is 9.84 Å². The molecule has 1 saturated carbocycles. The van der Waals surface area contributed by atoms with Crippen LogP contribution in [-0.4, -0.2) is 33.9 Å². The fourth-order valence-electron chi connectivity index (χ4n) is 2.60. The van der Waals surface area contributed by atoms with Crippen molar-refractivity contribution in [3.63, 3.8) is 0 Å². The molecular weight excluding hydrogens is 274 g/mol. The quantitative estimate of drug-likeness (QED) is 0.781. The molecule has 1 aliphatic heterocycles. The normalized spacial score (nSPS) is 23.7. The van der Waals surface area contributed by atoms with Gasteiger partial charge in [-0.05, 0) is 43.4 Å². The van der Waals surface area contributed by atoms with E-state index in [0.29, 0.717) is 4.90 Å². The predicted molar refractivity (Wildman–Crippen MR) is 77.4 cm³/mol. The number of nitrogens with one attached hydrogen (secondary N) is 1. The maximum absolute atomic E-state index is 12.0. The summed E-state index contributed by atoms with van der Waals surface area (Å²) in [5.74, 6) is 0.977. The van der Waals surface area contributed by atoms with E-state index in [9.17, 15) is 8.42 Å². The lowest BCUT2D eigenvalue weighted by Crippen LogP contribution is -2.24. The lowest BCUT2D eigenvalue weighted by Gasteiger charge is -2.12. The molecule has 1 aromatic rings. The van der Waals surface area contributed by atoms with E-state index in [1.165, 1.54) is 12.8 Å². The molecule has 0 saturated heterocycles. The Balaban J connectivity index is 1.46. The van der Waals surface area contributed by atoms with Crippen LogP contribution in [0.4, 0.5) is 0 Å². The minimum atomic E-state index is -3.10. The van der Waals surface area contributed by atoms with E-state index in [-0.39, 0.29) is 11.8 Å². The van der Waals surface area contributed by atoms with Gasteiger partial charge in [0.1, 0.15) is 0 Å². The van der Waals surface area contributed by atoms with Crippen LogP contribution in [-0.2, 0) is 14.6 Å². The van der Waals surface area contributed by atoms with Crippen LogP contribution in [0, 0.1) is 5.92 Å². The van der Waals surface area contributed by atoms with E-state index >= 15 is 0 Å². The topological polar surface area (TPSA) is 55.4 Å². The maximum atomic E-state index is 12.0. The highest BCUT2D eigenvalue weighted by Crippen LogP contribution is 2.32. The van der Waals surface area contributed by atoms with Crippen LogP contribution in [0.5, 0.6) is 0 Å². The van der Waals surface area contributed by atoms with Gasteiger partial charge in [0.15, 0.2) is 9.84 Å². The van der Waals surface area contributed by atoms with Crippen molar-refractivity contribution in [3.8, 4) is 0 Å². The molecule has 1 unspecified atom stereocenters. The number of hydrogen-bond acceptors (Lipinski definition) is 4. The Kier molecular flexibility index (Phi) is 4.10. The molecule has 3 rings (SSSR count). The second-order valence-electron chi connectivity index (χ2n) is 5.70. The Morgan fingerprint density at radius 1 is 1.25 bits per heavy atom. The first-order valence-corrected chi connectivity index (χ1v) is 8.95. The van der Waals surface area contributed by atoms with E-state index < -0.39 is 9.84 Å². The molecule has 0 aromatic heterocycles. The van der Waals surface area contributed by atoms with Gasteiger partial charge in [0.05, 0.1) is 10.6 Å². The third-order valence-electron chi connectivity index (χ3n) is 3.92. The Hall–Kier alpha value is -0.910. The number of benzene rings is 1. The summed E-state index contributed by atoms with van der Waals surface area (Å²) < 4.78 is 29.6. The summed E-state index contributed by atoms with van der Waals surface area (Å²) in [5.41, 5.74) is 0.909. The highest BCUT2D eigenvalue weighted by Gasteiger charge is 2.33. The van der Waals surface area contributed by atoms with E-state index in [0.717, 1.165) is 37.7 Å². The van der Waals surface area contributed by atoms with Crippen LogP contribution >= 0.6 is 0 Å². The molecule has 0 bridgehead atoms. The van der Waals surface area contributed by atoms with Crippen molar-refractivity contribution in [2.45, 2.75) is 30.2 Å². The van der Waals surface area contributed by atoms with E-state index in [1.54, 1.807) is 12.1 Å². The fourth-order valence-corrected chi connectivity index (χ4v) is 4.38. The van der Waals surface area contributed by atoms with Crippen LogP contribution in [0.2, 0.25) is 0 Å². The first-order chi connectivity index (χ1) is 9.67. The molecule has 1 aliphatic carbocycles. The van der Waals surface area contributed by atoms with Crippen molar-refractivity contribution in [1.29, 1.82) is 0 Å². The standard InChI is InChI=1S/C15H21NO3S/c17-20(18)11-14(13-4-1-2-5-15(13)20)16-8-3-9-19-10-12-6-7-12/h1-2,4-5,12,14,16H,3,6-11H2. The second-order valence-corrected chi connectivity index (χ2v) is 7.70. The SMILES string of the molecule is O=S1(=O)CC(NCCCOCC2CC2)c2ccccc21. The molecule has 1 fully saturated rings. The van der Waals surface area contributed by atoms with Gasteiger partial charge >= 0.3 is 0 Å². The highest BCUT2D eigenvalue weighted by atomic mass is 32.2. The third kappa shape index (κ3) is 3.22. The Morgan fingerprint density at radius 3 is 2.85 bits per heavy atom. The second kappa shape index (κ2) is 5.84. The lowest BCUT2D eigenvalue weighted by molar-refractivity contribution is 0.121. The Labute approximate surface area is 120 Å². The number of ether oxygens (including phenoxy) is 1. The molecule has 4 nitrogen and oxygen atoms in total. The summed E-state index contributed by atoms with van der Waals surface area (Å²) >= 11 is 0. The van der Waals surface area contributed by atoms with Gasteiger partial charge in [0.25, 0.3) is 0 Å². The van der Waals surface area contributed by atoms with Crippen LogP contribution in [0.15, 0.2) is 29.2 Å². The third-order valence-corrected chi connectivity index (χ3v) is 5.74. The van der Waals surface area contributed by atoms with Gasteiger partial charge < -0.3 is 10.1 Å². The monoisotopic (exact) mass is 295 g/mol. The van der Waals surface area contributed by atoms with Crippen LogP contribution in [0.3, 0.4) is 0 Å². The lowest BCUT2D eigenvalue weighted by atomic mass is 10.1. The molecule has 110 valence electrons.